The molecular formula is C17H24N2O4S. The fraction of sp³-hybridized carbons (Fsp3) is 0.588. The van der Waals surface area contributed by atoms with Gasteiger partial charge in [-0.2, -0.15) is 4.31 Å². The number of carbonyl (C=O) groups excluding carboxylic acids is 1. The molecule has 0 N–H and O–H groups in total. The zero-order valence-electron chi connectivity index (χ0n) is 14.0. The SMILES string of the molecule is C[C@@H]1CCCCN1C(=O)c1ccc(S(=O)(=O)N2CCOCC2)cc1. The van der Waals surface area contributed by atoms with Crippen LogP contribution in [0, 0.1) is 0 Å². The molecular weight excluding hydrogens is 328 g/mol. The number of morpholine rings is 1. The van der Waals surface area contributed by atoms with Gasteiger partial charge in [-0.05, 0) is 50.5 Å². The van der Waals surface area contributed by atoms with Crippen LogP contribution in [0.15, 0.2) is 29.2 Å². The van der Waals surface area contributed by atoms with E-state index < -0.39 is 10.0 Å². The summed E-state index contributed by atoms with van der Waals surface area (Å²) in [6.45, 7) is 4.41. The first kappa shape index (κ1) is 17.4. The molecule has 0 bridgehead atoms. The number of nitrogens with zero attached hydrogens (tertiary/aromatic N) is 2. The fourth-order valence-corrected chi connectivity index (χ4v) is 4.68. The van der Waals surface area contributed by atoms with Gasteiger partial charge in [0.1, 0.15) is 0 Å². The van der Waals surface area contributed by atoms with E-state index in [2.05, 4.69) is 6.92 Å². The van der Waals surface area contributed by atoms with Crippen LogP contribution >= 0.6 is 0 Å². The Balaban J connectivity index is 1.76. The van der Waals surface area contributed by atoms with E-state index in [-0.39, 0.29) is 16.8 Å². The molecule has 3 rings (SSSR count). The van der Waals surface area contributed by atoms with Crippen molar-refractivity contribution in [3.8, 4) is 0 Å². The summed E-state index contributed by atoms with van der Waals surface area (Å²) >= 11 is 0. The average Bonchev–Trinajstić information content (AvgIpc) is 2.62. The molecule has 2 aliphatic heterocycles. The summed E-state index contributed by atoms with van der Waals surface area (Å²) in [5, 5.41) is 0. The second kappa shape index (κ2) is 7.21. The van der Waals surface area contributed by atoms with Gasteiger partial charge < -0.3 is 9.64 Å². The van der Waals surface area contributed by atoms with Crippen molar-refractivity contribution in [2.24, 2.45) is 0 Å². The highest BCUT2D eigenvalue weighted by atomic mass is 32.2. The molecule has 2 aliphatic rings. The second-order valence-corrected chi connectivity index (χ2v) is 8.32. The second-order valence-electron chi connectivity index (χ2n) is 6.38. The molecule has 0 aliphatic carbocycles. The average molecular weight is 352 g/mol. The van der Waals surface area contributed by atoms with Gasteiger partial charge in [0.2, 0.25) is 10.0 Å². The quantitative estimate of drug-likeness (QED) is 0.831. The summed E-state index contributed by atoms with van der Waals surface area (Å²) in [6.07, 6.45) is 3.20. The predicted molar refractivity (Wildman–Crippen MR) is 90.4 cm³/mol. The molecule has 0 unspecified atom stereocenters. The van der Waals surface area contributed by atoms with Gasteiger partial charge in [-0.3, -0.25) is 4.79 Å². The molecule has 1 aromatic rings. The molecule has 7 heteroatoms. The van der Waals surface area contributed by atoms with Gasteiger partial charge in [-0.15, -0.1) is 0 Å². The first-order valence-electron chi connectivity index (χ1n) is 8.49. The van der Waals surface area contributed by atoms with E-state index in [1.54, 1.807) is 12.1 Å². The van der Waals surface area contributed by atoms with Crippen molar-refractivity contribution in [3.05, 3.63) is 29.8 Å². The minimum absolute atomic E-state index is 0.0162. The van der Waals surface area contributed by atoms with E-state index in [9.17, 15) is 13.2 Å². The molecule has 0 saturated carbocycles. The number of hydrogen-bond acceptors (Lipinski definition) is 4. The van der Waals surface area contributed by atoms with Gasteiger partial charge >= 0.3 is 0 Å². The molecule has 1 atom stereocenters. The Hall–Kier alpha value is -1.44. The topological polar surface area (TPSA) is 66.9 Å². The van der Waals surface area contributed by atoms with Crippen LogP contribution in [0.1, 0.15) is 36.5 Å². The Morgan fingerprint density at radius 3 is 2.38 bits per heavy atom. The number of benzene rings is 1. The number of likely N-dealkylation sites (tertiary alicyclic amines) is 1. The lowest BCUT2D eigenvalue weighted by Gasteiger charge is -2.33. The summed E-state index contributed by atoms with van der Waals surface area (Å²) in [7, 11) is -3.51. The van der Waals surface area contributed by atoms with Gasteiger partial charge in [0, 0.05) is 31.2 Å². The summed E-state index contributed by atoms with van der Waals surface area (Å²) in [4.78, 5) is 14.7. The Morgan fingerprint density at radius 1 is 1.08 bits per heavy atom. The van der Waals surface area contributed by atoms with Crippen LogP contribution in [-0.2, 0) is 14.8 Å². The molecule has 6 nitrogen and oxygen atoms in total. The Morgan fingerprint density at radius 2 is 1.75 bits per heavy atom. The van der Waals surface area contributed by atoms with Crippen LogP contribution in [0.2, 0.25) is 0 Å². The van der Waals surface area contributed by atoms with Crippen LogP contribution in [-0.4, -0.2) is 62.4 Å². The third kappa shape index (κ3) is 3.48. The lowest BCUT2D eigenvalue weighted by atomic mass is 10.0. The number of piperidine rings is 1. The molecule has 1 amide bonds. The van der Waals surface area contributed by atoms with Gasteiger partial charge in [-0.25, -0.2) is 8.42 Å². The number of rotatable bonds is 3. The Bertz CT molecular complexity index is 681. The molecule has 24 heavy (non-hydrogen) atoms. The first-order valence-corrected chi connectivity index (χ1v) is 9.93. The molecule has 2 saturated heterocycles. The zero-order valence-corrected chi connectivity index (χ0v) is 14.8. The summed E-state index contributed by atoms with van der Waals surface area (Å²) in [5.74, 6) is -0.0162. The number of amides is 1. The molecule has 0 spiro atoms. The van der Waals surface area contributed by atoms with Crippen LogP contribution < -0.4 is 0 Å². The molecule has 2 fully saturated rings. The Labute approximate surface area is 143 Å². The molecule has 0 radical (unpaired) electrons. The van der Waals surface area contributed by atoms with Crippen molar-refractivity contribution >= 4 is 15.9 Å². The van der Waals surface area contributed by atoms with Crippen LogP contribution in [0.3, 0.4) is 0 Å². The van der Waals surface area contributed by atoms with E-state index in [4.69, 9.17) is 4.74 Å². The highest BCUT2D eigenvalue weighted by Gasteiger charge is 2.27. The van der Waals surface area contributed by atoms with Gasteiger partial charge in [-0.1, -0.05) is 0 Å². The minimum atomic E-state index is -3.51. The summed E-state index contributed by atoms with van der Waals surface area (Å²) in [6, 6.07) is 6.55. The molecule has 2 heterocycles. The monoisotopic (exact) mass is 352 g/mol. The van der Waals surface area contributed by atoms with Crippen molar-refractivity contribution in [1.82, 2.24) is 9.21 Å². The number of sulfonamides is 1. The smallest absolute Gasteiger partial charge is 0.254 e. The van der Waals surface area contributed by atoms with Crippen LogP contribution in [0.4, 0.5) is 0 Å². The molecule has 1 aromatic carbocycles. The third-order valence-electron chi connectivity index (χ3n) is 4.77. The number of ether oxygens (including phenoxy) is 1. The largest absolute Gasteiger partial charge is 0.379 e. The zero-order chi connectivity index (χ0) is 17.2. The normalized spacial score (nSPS) is 23.2. The molecule has 0 aromatic heterocycles. The van der Waals surface area contributed by atoms with Crippen molar-refractivity contribution in [3.63, 3.8) is 0 Å². The van der Waals surface area contributed by atoms with Crippen molar-refractivity contribution in [2.75, 3.05) is 32.8 Å². The number of carbonyl (C=O) groups is 1. The maximum absolute atomic E-state index is 12.6. The highest BCUT2D eigenvalue weighted by molar-refractivity contribution is 7.89. The van der Waals surface area contributed by atoms with E-state index in [1.165, 1.54) is 16.4 Å². The van der Waals surface area contributed by atoms with E-state index >= 15 is 0 Å². The lowest BCUT2D eigenvalue weighted by Crippen LogP contribution is -2.42. The molecule has 132 valence electrons. The lowest BCUT2D eigenvalue weighted by molar-refractivity contribution is 0.0635. The summed E-state index contributed by atoms with van der Waals surface area (Å²) in [5.41, 5.74) is 0.546. The first-order chi connectivity index (χ1) is 11.5. The van der Waals surface area contributed by atoms with Crippen molar-refractivity contribution in [1.29, 1.82) is 0 Å². The predicted octanol–water partition coefficient (Wildman–Crippen LogP) is 1.72. The maximum atomic E-state index is 12.6. The van der Waals surface area contributed by atoms with E-state index in [1.807, 2.05) is 4.90 Å². The van der Waals surface area contributed by atoms with E-state index in [0.717, 1.165) is 25.8 Å². The van der Waals surface area contributed by atoms with E-state index in [0.29, 0.717) is 31.9 Å². The maximum Gasteiger partial charge on any atom is 0.254 e. The fourth-order valence-electron chi connectivity index (χ4n) is 3.27. The highest BCUT2D eigenvalue weighted by Crippen LogP contribution is 2.21. The van der Waals surface area contributed by atoms with Crippen LogP contribution in [0.25, 0.3) is 0 Å². The number of hydrogen-bond donors (Lipinski definition) is 0. The van der Waals surface area contributed by atoms with Gasteiger partial charge in [0.25, 0.3) is 5.91 Å². The minimum Gasteiger partial charge on any atom is -0.379 e. The summed E-state index contributed by atoms with van der Waals surface area (Å²) < 4.78 is 31.8. The van der Waals surface area contributed by atoms with Gasteiger partial charge in [0.05, 0.1) is 18.1 Å². The van der Waals surface area contributed by atoms with Crippen molar-refractivity contribution < 1.29 is 17.9 Å². The third-order valence-corrected chi connectivity index (χ3v) is 6.69. The Kier molecular flexibility index (Phi) is 5.22. The van der Waals surface area contributed by atoms with Crippen LogP contribution in [0.5, 0.6) is 0 Å². The van der Waals surface area contributed by atoms with Gasteiger partial charge in [0.15, 0.2) is 0 Å². The van der Waals surface area contributed by atoms with Crippen molar-refractivity contribution in [2.45, 2.75) is 37.1 Å². The standard InChI is InChI=1S/C17H24N2O4S/c1-14-4-2-3-9-19(14)17(20)15-5-7-16(8-6-15)24(21,22)18-10-12-23-13-11-18/h5-8,14H,2-4,9-13H2,1H3/t14-/m1/s1.